The number of morpholine rings is 1. The zero-order chi connectivity index (χ0) is 21.3. The van der Waals surface area contributed by atoms with Gasteiger partial charge in [-0.1, -0.05) is 41.4 Å². The third-order valence-corrected chi connectivity index (χ3v) is 5.48. The van der Waals surface area contributed by atoms with Gasteiger partial charge in [-0.2, -0.15) is 0 Å². The van der Waals surface area contributed by atoms with Crippen LogP contribution in [0.1, 0.15) is 11.1 Å². The fourth-order valence-corrected chi connectivity index (χ4v) is 3.50. The zero-order valence-corrected chi connectivity index (χ0v) is 17.9. The van der Waals surface area contributed by atoms with E-state index in [0.29, 0.717) is 48.4 Å². The second-order valence-corrected chi connectivity index (χ2v) is 7.81. The van der Waals surface area contributed by atoms with Gasteiger partial charge in [-0.05, 0) is 35.4 Å². The van der Waals surface area contributed by atoms with E-state index in [0.717, 1.165) is 24.2 Å². The molecule has 1 aliphatic heterocycles. The number of anilines is 1. The molecule has 2 aromatic rings. The van der Waals surface area contributed by atoms with Crippen LogP contribution in [-0.4, -0.2) is 49.7 Å². The molecule has 30 heavy (non-hydrogen) atoms. The van der Waals surface area contributed by atoms with E-state index < -0.39 is 0 Å². The van der Waals surface area contributed by atoms with Gasteiger partial charge < -0.3 is 20.7 Å². The number of hydrogen-bond acceptors (Lipinski definition) is 4. The van der Waals surface area contributed by atoms with Gasteiger partial charge in [-0.15, -0.1) is 0 Å². The molecule has 0 aliphatic carbocycles. The Kier molecular flexibility index (Phi) is 8.33. The Morgan fingerprint density at radius 2 is 1.87 bits per heavy atom. The van der Waals surface area contributed by atoms with Crippen LogP contribution in [-0.2, 0) is 22.6 Å². The number of benzene rings is 2. The predicted octanol–water partition coefficient (Wildman–Crippen LogP) is 3.26. The molecule has 3 N–H and O–H groups in total. The molecule has 1 atom stereocenters. The Bertz CT molecular complexity index is 864. The average molecular weight is 451 g/mol. The maximum atomic E-state index is 12.1. The molecule has 1 saturated heterocycles. The summed E-state index contributed by atoms with van der Waals surface area (Å²) in [5, 5.41) is 9.34. The van der Waals surface area contributed by atoms with Crippen molar-refractivity contribution in [3.8, 4) is 0 Å². The molecule has 0 aromatic heterocycles. The lowest BCUT2D eigenvalue weighted by atomic mass is 10.2. The zero-order valence-electron chi connectivity index (χ0n) is 16.4. The van der Waals surface area contributed by atoms with Gasteiger partial charge in [0.05, 0.1) is 22.8 Å². The number of carbonyl (C=O) groups excluding carboxylic acids is 2. The second-order valence-electron chi connectivity index (χ2n) is 7.00. The van der Waals surface area contributed by atoms with Gasteiger partial charge in [-0.3, -0.25) is 9.69 Å². The van der Waals surface area contributed by atoms with E-state index in [4.69, 9.17) is 27.9 Å². The fraction of sp³-hybridized carbons (Fsp3) is 0.333. The Labute approximate surface area is 185 Å². The summed E-state index contributed by atoms with van der Waals surface area (Å²) in [6, 6.07) is 12.6. The van der Waals surface area contributed by atoms with E-state index in [-0.39, 0.29) is 12.1 Å². The van der Waals surface area contributed by atoms with Gasteiger partial charge >= 0.3 is 6.03 Å². The Morgan fingerprint density at radius 1 is 1.10 bits per heavy atom. The summed E-state index contributed by atoms with van der Waals surface area (Å²) in [6.07, 6.45) is 0.542. The minimum absolute atomic E-state index is 0.0824. The lowest BCUT2D eigenvalue weighted by molar-refractivity contribution is -0.105. The standard InChI is InChI=1S/C21H24Cl2N4O3/c22-19-6-3-16(9-20(19)23)12-27-7-8-30-18(13-27)11-25-21(29)24-10-15-1-4-17(5-2-15)26-14-28/h1-6,9,14,18H,7-8,10-13H2,(H,26,28)(H2,24,25,29)/t18-/m0/s1. The predicted molar refractivity (Wildman–Crippen MR) is 118 cm³/mol. The molecule has 1 fully saturated rings. The summed E-state index contributed by atoms with van der Waals surface area (Å²) in [5.41, 5.74) is 2.73. The van der Waals surface area contributed by atoms with Crippen molar-refractivity contribution in [2.45, 2.75) is 19.2 Å². The highest BCUT2D eigenvalue weighted by Gasteiger charge is 2.21. The highest BCUT2D eigenvalue weighted by atomic mass is 35.5. The first-order valence-corrected chi connectivity index (χ1v) is 10.4. The molecule has 7 nitrogen and oxygen atoms in total. The Morgan fingerprint density at radius 3 is 2.60 bits per heavy atom. The van der Waals surface area contributed by atoms with Crippen LogP contribution >= 0.6 is 23.2 Å². The molecule has 1 aliphatic rings. The van der Waals surface area contributed by atoms with E-state index in [1.807, 2.05) is 24.3 Å². The van der Waals surface area contributed by atoms with Crippen LogP contribution in [0, 0.1) is 0 Å². The molecular weight excluding hydrogens is 427 g/mol. The van der Waals surface area contributed by atoms with Crippen molar-refractivity contribution in [1.82, 2.24) is 15.5 Å². The van der Waals surface area contributed by atoms with E-state index in [1.54, 1.807) is 18.2 Å². The topological polar surface area (TPSA) is 82.7 Å². The van der Waals surface area contributed by atoms with Crippen LogP contribution in [0.15, 0.2) is 42.5 Å². The quantitative estimate of drug-likeness (QED) is 0.539. The minimum atomic E-state index is -0.254. The molecule has 0 radical (unpaired) electrons. The number of nitrogens with one attached hydrogen (secondary N) is 3. The van der Waals surface area contributed by atoms with Crippen molar-refractivity contribution in [1.29, 1.82) is 0 Å². The van der Waals surface area contributed by atoms with E-state index in [2.05, 4.69) is 20.9 Å². The third-order valence-electron chi connectivity index (χ3n) is 4.74. The number of rotatable bonds is 8. The monoisotopic (exact) mass is 450 g/mol. The van der Waals surface area contributed by atoms with Crippen LogP contribution in [0.25, 0.3) is 0 Å². The van der Waals surface area contributed by atoms with E-state index in [9.17, 15) is 9.59 Å². The Hall–Kier alpha value is -2.32. The number of ether oxygens (including phenoxy) is 1. The van der Waals surface area contributed by atoms with Crippen LogP contribution in [0.5, 0.6) is 0 Å². The highest BCUT2D eigenvalue weighted by molar-refractivity contribution is 6.42. The fourth-order valence-electron chi connectivity index (χ4n) is 3.18. The van der Waals surface area contributed by atoms with E-state index >= 15 is 0 Å². The summed E-state index contributed by atoms with van der Waals surface area (Å²) in [5.74, 6) is 0. The van der Waals surface area contributed by atoms with Crippen molar-refractivity contribution < 1.29 is 14.3 Å². The van der Waals surface area contributed by atoms with Crippen molar-refractivity contribution in [2.75, 3.05) is 31.6 Å². The smallest absolute Gasteiger partial charge is 0.315 e. The normalized spacial score (nSPS) is 16.7. The molecule has 1 heterocycles. The maximum Gasteiger partial charge on any atom is 0.315 e. The van der Waals surface area contributed by atoms with Gasteiger partial charge in [0.15, 0.2) is 0 Å². The van der Waals surface area contributed by atoms with Crippen LogP contribution < -0.4 is 16.0 Å². The molecule has 2 aromatic carbocycles. The molecule has 0 unspecified atom stereocenters. The number of amides is 3. The molecule has 0 saturated carbocycles. The van der Waals surface area contributed by atoms with E-state index in [1.165, 1.54) is 0 Å². The lowest BCUT2D eigenvalue weighted by Gasteiger charge is -2.33. The van der Waals surface area contributed by atoms with Crippen LogP contribution in [0.3, 0.4) is 0 Å². The van der Waals surface area contributed by atoms with Crippen molar-refractivity contribution in [3.05, 3.63) is 63.6 Å². The van der Waals surface area contributed by atoms with Crippen LogP contribution in [0.2, 0.25) is 10.0 Å². The SMILES string of the molecule is O=CNc1ccc(CNC(=O)NC[C@H]2CN(Cc3ccc(Cl)c(Cl)c3)CCO2)cc1. The first kappa shape index (κ1) is 22.4. The Balaban J connectivity index is 1.39. The van der Waals surface area contributed by atoms with Gasteiger partial charge in [0, 0.05) is 38.4 Å². The number of hydrogen-bond donors (Lipinski definition) is 3. The summed E-state index contributed by atoms with van der Waals surface area (Å²) < 4.78 is 5.77. The molecular formula is C21H24Cl2N4O3. The van der Waals surface area contributed by atoms with Gasteiger partial charge in [-0.25, -0.2) is 4.79 Å². The molecule has 9 heteroatoms. The van der Waals surface area contributed by atoms with Gasteiger partial charge in [0.2, 0.25) is 6.41 Å². The first-order chi connectivity index (χ1) is 14.5. The summed E-state index contributed by atoms with van der Waals surface area (Å²) in [4.78, 5) is 24.8. The largest absolute Gasteiger partial charge is 0.374 e. The van der Waals surface area contributed by atoms with Crippen LogP contribution in [0.4, 0.5) is 10.5 Å². The maximum absolute atomic E-state index is 12.1. The molecule has 3 amide bonds. The second kappa shape index (κ2) is 11.2. The summed E-state index contributed by atoms with van der Waals surface area (Å²) in [7, 11) is 0. The number of nitrogens with zero attached hydrogens (tertiary/aromatic N) is 1. The number of urea groups is 1. The molecule has 0 spiro atoms. The summed E-state index contributed by atoms with van der Waals surface area (Å²) in [6.45, 7) is 3.70. The number of halogens is 2. The average Bonchev–Trinajstić information content (AvgIpc) is 2.75. The van der Waals surface area contributed by atoms with Gasteiger partial charge in [0.25, 0.3) is 0 Å². The first-order valence-electron chi connectivity index (χ1n) is 9.62. The third kappa shape index (κ3) is 6.88. The van der Waals surface area contributed by atoms with Crippen molar-refractivity contribution in [2.24, 2.45) is 0 Å². The molecule has 160 valence electrons. The lowest BCUT2D eigenvalue weighted by Crippen LogP contribution is -2.48. The summed E-state index contributed by atoms with van der Waals surface area (Å²) >= 11 is 12.1. The number of carbonyl (C=O) groups is 2. The van der Waals surface area contributed by atoms with Gasteiger partial charge in [0.1, 0.15) is 0 Å². The van der Waals surface area contributed by atoms with Crippen molar-refractivity contribution in [3.63, 3.8) is 0 Å². The van der Waals surface area contributed by atoms with Crippen molar-refractivity contribution >= 4 is 41.3 Å². The minimum Gasteiger partial charge on any atom is -0.374 e. The molecule has 0 bridgehead atoms. The molecule has 3 rings (SSSR count). The highest BCUT2D eigenvalue weighted by Crippen LogP contribution is 2.23.